The standard InChI is InChI=1S/C19H21Cl2N3S2/c1-4-9-24-18(14-10-25-12(3)13(14)5-2)22-23-19(24)26-11-15-16(20)7-6-8-17(15)21/h6-8,10H,4-5,9,11H2,1-3H3. The molecule has 138 valence electrons. The summed E-state index contributed by atoms with van der Waals surface area (Å²) < 4.78 is 2.22. The predicted octanol–water partition coefficient (Wildman–Crippen LogP) is 6.89. The second-order valence-electron chi connectivity index (χ2n) is 5.98. The number of aromatic nitrogens is 3. The molecule has 0 aliphatic rings. The van der Waals surface area contributed by atoms with Crippen LogP contribution in [0.3, 0.4) is 0 Å². The zero-order valence-corrected chi connectivity index (χ0v) is 18.2. The Hall–Kier alpha value is -1.01. The molecule has 0 unspecified atom stereocenters. The van der Waals surface area contributed by atoms with Gasteiger partial charge in [0.2, 0.25) is 0 Å². The van der Waals surface area contributed by atoms with Gasteiger partial charge in [0.05, 0.1) is 0 Å². The Morgan fingerprint density at radius 1 is 1.12 bits per heavy atom. The summed E-state index contributed by atoms with van der Waals surface area (Å²) in [5, 5.41) is 13.5. The molecule has 0 radical (unpaired) electrons. The van der Waals surface area contributed by atoms with Crippen LogP contribution in [0.4, 0.5) is 0 Å². The van der Waals surface area contributed by atoms with Crippen molar-refractivity contribution < 1.29 is 0 Å². The minimum absolute atomic E-state index is 0.670. The lowest BCUT2D eigenvalue weighted by Crippen LogP contribution is -2.03. The number of nitrogens with zero attached hydrogens (tertiary/aromatic N) is 3. The molecule has 0 saturated carbocycles. The zero-order chi connectivity index (χ0) is 18.7. The second kappa shape index (κ2) is 8.79. The lowest BCUT2D eigenvalue weighted by atomic mass is 10.1. The number of aryl methyl sites for hydroxylation is 1. The molecule has 0 spiro atoms. The fourth-order valence-electron chi connectivity index (χ4n) is 2.93. The van der Waals surface area contributed by atoms with Crippen LogP contribution in [0.2, 0.25) is 10.0 Å². The Morgan fingerprint density at radius 2 is 1.85 bits per heavy atom. The van der Waals surface area contributed by atoms with Gasteiger partial charge in [-0.15, -0.1) is 21.5 Å². The molecule has 0 aliphatic heterocycles. The van der Waals surface area contributed by atoms with E-state index < -0.39 is 0 Å². The Labute approximate surface area is 172 Å². The largest absolute Gasteiger partial charge is 0.302 e. The minimum Gasteiger partial charge on any atom is -0.302 e. The van der Waals surface area contributed by atoms with E-state index in [1.54, 1.807) is 23.1 Å². The van der Waals surface area contributed by atoms with E-state index >= 15 is 0 Å². The first kappa shape index (κ1) is 19.7. The van der Waals surface area contributed by atoms with Gasteiger partial charge in [0, 0.05) is 38.2 Å². The van der Waals surface area contributed by atoms with Gasteiger partial charge < -0.3 is 4.57 Å². The Kier molecular flexibility index (Phi) is 6.67. The van der Waals surface area contributed by atoms with Gasteiger partial charge in [0.1, 0.15) is 0 Å². The summed E-state index contributed by atoms with van der Waals surface area (Å²) in [6.45, 7) is 7.42. The molecule has 0 N–H and O–H groups in total. The summed E-state index contributed by atoms with van der Waals surface area (Å²) in [5.74, 6) is 1.63. The van der Waals surface area contributed by atoms with Gasteiger partial charge >= 0.3 is 0 Å². The molecule has 3 nitrogen and oxygen atoms in total. The second-order valence-corrected chi connectivity index (χ2v) is 8.83. The fourth-order valence-corrected chi connectivity index (χ4v) is 5.58. The van der Waals surface area contributed by atoms with E-state index in [1.807, 2.05) is 18.2 Å². The van der Waals surface area contributed by atoms with E-state index in [0.717, 1.165) is 35.9 Å². The molecule has 0 bridgehead atoms. The van der Waals surface area contributed by atoms with Crippen molar-refractivity contribution in [2.24, 2.45) is 0 Å². The highest BCUT2D eigenvalue weighted by Crippen LogP contribution is 2.35. The van der Waals surface area contributed by atoms with Crippen LogP contribution in [-0.2, 0) is 18.7 Å². The van der Waals surface area contributed by atoms with E-state index in [-0.39, 0.29) is 0 Å². The predicted molar refractivity (Wildman–Crippen MR) is 114 cm³/mol. The van der Waals surface area contributed by atoms with Crippen molar-refractivity contribution in [2.75, 3.05) is 0 Å². The Bertz CT molecular complexity index is 882. The van der Waals surface area contributed by atoms with Gasteiger partial charge in [0.15, 0.2) is 11.0 Å². The summed E-state index contributed by atoms with van der Waals surface area (Å²) >= 11 is 16.0. The average Bonchev–Trinajstić information content (AvgIpc) is 3.18. The van der Waals surface area contributed by atoms with Crippen LogP contribution in [0.5, 0.6) is 0 Å². The summed E-state index contributed by atoms with van der Waals surface area (Å²) in [6, 6.07) is 5.60. The van der Waals surface area contributed by atoms with Crippen molar-refractivity contribution in [1.82, 2.24) is 14.8 Å². The molecule has 0 atom stereocenters. The summed E-state index contributed by atoms with van der Waals surface area (Å²) in [7, 11) is 0. The van der Waals surface area contributed by atoms with E-state index in [2.05, 4.69) is 40.9 Å². The molecule has 0 saturated heterocycles. The average molecular weight is 426 g/mol. The van der Waals surface area contributed by atoms with Crippen LogP contribution in [-0.4, -0.2) is 14.8 Å². The van der Waals surface area contributed by atoms with Crippen LogP contribution in [0.25, 0.3) is 11.4 Å². The molecule has 0 amide bonds. The van der Waals surface area contributed by atoms with Crippen molar-refractivity contribution in [3.05, 3.63) is 49.6 Å². The van der Waals surface area contributed by atoms with Crippen LogP contribution in [0.15, 0.2) is 28.7 Å². The summed E-state index contributed by atoms with van der Waals surface area (Å²) in [5.41, 5.74) is 3.51. The number of benzene rings is 1. The van der Waals surface area contributed by atoms with Crippen molar-refractivity contribution in [1.29, 1.82) is 0 Å². The summed E-state index contributed by atoms with van der Waals surface area (Å²) in [4.78, 5) is 1.35. The maximum atomic E-state index is 6.30. The molecule has 0 aliphatic carbocycles. The minimum atomic E-state index is 0.670. The highest BCUT2D eigenvalue weighted by molar-refractivity contribution is 7.98. The molecular formula is C19H21Cl2N3S2. The number of thioether (sulfide) groups is 1. The number of hydrogen-bond donors (Lipinski definition) is 0. The third-order valence-corrected chi connectivity index (χ3v) is 6.92. The number of hydrogen-bond acceptors (Lipinski definition) is 4. The molecule has 2 aromatic heterocycles. The molecule has 3 aromatic rings. The SMILES string of the molecule is CCCn1c(SCc2c(Cl)cccc2Cl)nnc1-c1csc(C)c1CC. The zero-order valence-electron chi connectivity index (χ0n) is 15.1. The molecule has 1 aromatic carbocycles. The van der Waals surface area contributed by atoms with E-state index in [9.17, 15) is 0 Å². The third-order valence-electron chi connectivity index (χ3n) is 4.27. The molecular weight excluding hydrogens is 405 g/mol. The molecule has 0 fully saturated rings. The van der Waals surface area contributed by atoms with Crippen LogP contribution < -0.4 is 0 Å². The number of halogens is 2. The normalized spacial score (nSPS) is 11.3. The number of rotatable bonds is 7. The third kappa shape index (κ3) is 3.96. The van der Waals surface area contributed by atoms with Crippen molar-refractivity contribution in [2.45, 2.75) is 51.1 Å². The molecule has 7 heteroatoms. The van der Waals surface area contributed by atoms with E-state index in [1.165, 1.54) is 16.0 Å². The molecule has 3 rings (SSSR count). The van der Waals surface area contributed by atoms with Gasteiger partial charge in [0.25, 0.3) is 0 Å². The number of thiophene rings is 1. The van der Waals surface area contributed by atoms with Crippen LogP contribution in [0.1, 0.15) is 36.3 Å². The lowest BCUT2D eigenvalue weighted by Gasteiger charge is -2.10. The molecule has 26 heavy (non-hydrogen) atoms. The van der Waals surface area contributed by atoms with Crippen molar-refractivity contribution in [3.63, 3.8) is 0 Å². The highest BCUT2D eigenvalue weighted by Gasteiger charge is 2.19. The van der Waals surface area contributed by atoms with Crippen molar-refractivity contribution >= 4 is 46.3 Å². The quantitative estimate of drug-likeness (QED) is 0.386. The smallest absolute Gasteiger partial charge is 0.191 e. The maximum Gasteiger partial charge on any atom is 0.191 e. The highest BCUT2D eigenvalue weighted by atomic mass is 35.5. The topological polar surface area (TPSA) is 30.7 Å². The first-order chi connectivity index (χ1) is 12.6. The summed E-state index contributed by atoms with van der Waals surface area (Å²) in [6.07, 6.45) is 2.03. The lowest BCUT2D eigenvalue weighted by molar-refractivity contribution is 0.626. The molecule has 2 heterocycles. The van der Waals surface area contributed by atoms with Gasteiger partial charge in [-0.2, -0.15) is 0 Å². The van der Waals surface area contributed by atoms with Gasteiger partial charge in [-0.05, 0) is 43.0 Å². The van der Waals surface area contributed by atoms with Gasteiger partial charge in [-0.25, -0.2) is 0 Å². The van der Waals surface area contributed by atoms with Crippen molar-refractivity contribution in [3.8, 4) is 11.4 Å². The Morgan fingerprint density at radius 3 is 2.50 bits per heavy atom. The maximum absolute atomic E-state index is 6.30. The first-order valence-corrected chi connectivity index (χ1v) is 11.2. The van der Waals surface area contributed by atoms with E-state index in [4.69, 9.17) is 23.2 Å². The van der Waals surface area contributed by atoms with E-state index in [0.29, 0.717) is 15.8 Å². The first-order valence-electron chi connectivity index (χ1n) is 8.63. The monoisotopic (exact) mass is 425 g/mol. The van der Waals surface area contributed by atoms with Gasteiger partial charge in [-0.1, -0.05) is 54.9 Å². The van der Waals surface area contributed by atoms with Crippen LogP contribution in [0, 0.1) is 6.92 Å². The Balaban J connectivity index is 1.92. The van der Waals surface area contributed by atoms with Crippen LogP contribution >= 0.6 is 46.3 Å². The fraction of sp³-hybridized carbons (Fsp3) is 0.368. The van der Waals surface area contributed by atoms with Gasteiger partial charge in [-0.3, -0.25) is 0 Å².